The van der Waals surface area contributed by atoms with Crippen molar-refractivity contribution in [3.63, 3.8) is 0 Å². The standard InChI is InChI=1S/C12H26O2/c1-5-9(3)12(14)8-7-11(6-2)10(4)13/h9-14H,5-8H2,1-4H3. The molecule has 4 unspecified atom stereocenters. The topological polar surface area (TPSA) is 40.5 Å². The Morgan fingerprint density at radius 1 is 0.929 bits per heavy atom. The van der Waals surface area contributed by atoms with Gasteiger partial charge in [0.15, 0.2) is 0 Å². The van der Waals surface area contributed by atoms with Crippen molar-refractivity contribution in [2.24, 2.45) is 11.8 Å². The van der Waals surface area contributed by atoms with Gasteiger partial charge in [0, 0.05) is 0 Å². The molecule has 0 aliphatic heterocycles. The van der Waals surface area contributed by atoms with Crippen molar-refractivity contribution in [2.75, 3.05) is 0 Å². The first-order valence-corrected chi connectivity index (χ1v) is 5.88. The molecule has 0 amide bonds. The summed E-state index contributed by atoms with van der Waals surface area (Å²) in [5, 5.41) is 19.2. The molecule has 0 rings (SSSR count). The van der Waals surface area contributed by atoms with Gasteiger partial charge in [0.1, 0.15) is 0 Å². The number of aliphatic hydroxyl groups excluding tert-OH is 2. The molecule has 0 fully saturated rings. The Morgan fingerprint density at radius 3 is 1.86 bits per heavy atom. The highest BCUT2D eigenvalue weighted by molar-refractivity contribution is 4.69. The number of hydrogen-bond donors (Lipinski definition) is 2. The average Bonchev–Trinajstić information content (AvgIpc) is 2.16. The maximum Gasteiger partial charge on any atom is 0.0565 e. The van der Waals surface area contributed by atoms with E-state index in [2.05, 4.69) is 20.8 Å². The molecule has 0 heterocycles. The van der Waals surface area contributed by atoms with E-state index in [1.54, 1.807) is 0 Å². The predicted molar refractivity (Wildman–Crippen MR) is 60.2 cm³/mol. The lowest BCUT2D eigenvalue weighted by atomic mass is 9.90. The van der Waals surface area contributed by atoms with Crippen molar-refractivity contribution in [3.8, 4) is 0 Å². The highest BCUT2D eigenvalue weighted by atomic mass is 16.3. The Bertz CT molecular complexity index is 134. The Hall–Kier alpha value is -0.0800. The second kappa shape index (κ2) is 7.24. The van der Waals surface area contributed by atoms with Crippen LogP contribution in [0, 0.1) is 11.8 Å². The van der Waals surface area contributed by atoms with E-state index in [0.717, 1.165) is 25.7 Å². The zero-order valence-electron chi connectivity index (χ0n) is 10.0. The van der Waals surface area contributed by atoms with Gasteiger partial charge in [-0.05, 0) is 31.6 Å². The fourth-order valence-electron chi connectivity index (χ4n) is 1.73. The SMILES string of the molecule is CCC(C)C(O)CCC(CC)C(C)O. The molecule has 0 saturated heterocycles. The monoisotopic (exact) mass is 202 g/mol. The van der Waals surface area contributed by atoms with E-state index in [1.807, 2.05) is 6.92 Å². The van der Waals surface area contributed by atoms with Crippen molar-refractivity contribution in [1.29, 1.82) is 0 Å². The van der Waals surface area contributed by atoms with Crippen LogP contribution in [-0.2, 0) is 0 Å². The van der Waals surface area contributed by atoms with E-state index in [0.29, 0.717) is 11.8 Å². The number of rotatable bonds is 7. The molecule has 0 saturated carbocycles. The summed E-state index contributed by atoms with van der Waals surface area (Å²) in [5.41, 5.74) is 0. The molecule has 86 valence electrons. The fraction of sp³-hybridized carbons (Fsp3) is 1.00. The second-order valence-electron chi connectivity index (χ2n) is 4.44. The zero-order chi connectivity index (χ0) is 11.1. The summed E-state index contributed by atoms with van der Waals surface area (Å²) in [4.78, 5) is 0. The smallest absolute Gasteiger partial charge is 0.0565 e. The number of hydrogen-bond acceptors (Lipinski definition) is 2. The molecule has 0 aromatic heterocycles. The molecule has 0 bridgehead atoms. The van der Waals surface area contributed by atoms with Gasteiger partial charge in [0.05, 0.1) is 12.2 Å². The van der Waals surface area contributed by atoms with Crippen LogP contribution in [0.5, 0.6) is 0 Å². The lowest BCUT2D eigenvalue weighted by Crippen LogP contribution is -2.22. The van der Waals surface area contributed by atoms with Crippen LogP contribution in [0.15, 0.2) is 0 Å². The minimum Gasteiger partial charge on any atom is -0.393 e. The zero-order valence-corrected chi connectivity index (χ0v) is 10.0. The number of aliphatic hydroxyl groups is 2. The Kier molecular flexibility index (Phi) is 7.20. The van der Waals surface area contributed by atoms with E-state index < -0.39 is 0 Å². The van der Waals surface area contributed by atoms with Crippen LogP contribution in [0.4, 0.5) is 0 Å². The van der Waals surface area contributed by atoms with E-state index in [9.17, 15) is 10.2 Å². The van der Waals surface area contributed by atoms with Crippen molar-refractivity contribution in [1.82, 2.24) is 0 Å². The third-order valence-corrected chi connectivity index (χ3v) is 3.34. The van der Waals surface area contributed by atoms with Crippen LogP contribution in [-0.4, -0.2) is 22.4 Å². The molecule has 4 atom stereocenters. The molecule has 0 radical (unpaired) electrons. The van der Waals surface area contributed by atoms with E-state index in [1.165, 1.54) is 0 Å². The van der Waals surface area contributed by atoms with Crippen LogP contribution in [0.3, 0.4) is 0 Å². The lowest BCUT2D eigenvalue weighted by Gasteiger charge is -2.22. The Balaban J connectivity index is 3.79. The van der Waals surface area contributed by atoms with Gasteiger partial charge in [-0.2, -0.15) is 0 Å². The van der Waals surface area contributed by atoms with Crippen LogP contribution in [0.25, 0.3) is 0 Å². The van der Waals surface area contributed by atoms with Crippen molar-refractivity contribution in [3.05, 3.63) is 0 Å². The van der Waals surface area contributed by atoms with E-state index >= 15 is 0 Å². The van der Waals surface area contributed by atoms with Crippen LogP contribution < -0.4 is 0 Å². The molecule has 14 heavy (non-hydrogen) atoms. The van der Waals surface area contributed by atoms with Gasteiger partial charge < -0.3 is 10.2 Å². The maximum atomic E-state index is 9.76. The van der Waals surface area contributed by atoms with Gasteiger partial charge in [-0.1, -0.05) is 33.6 Å². The van der Waals surface area contributed by atoms with Gasteiger partial charge in [-0.25, -0.2) is 0 Å². The van der Waals surface area contributed by atoms with E-state index in [4.69, 9.17) is 0 Å². The third kappa shape index (κ3) is 4.97. The highest BCUT2D eigenvalue weighted by Crippen LogP contribution is 2.20. The molecule has 2 heteroatoms. The average molecular weight is 202 g/mol. The summed E-state index contributed by atoms with van der Waals surface area (Å²) in [5.74, 6) is 0.718. The van der Waals surface area contributed by atoms with Gasteiger partial charge in [-0.15, -0.1) is 0 Å². The van der Waals surface area contributed by atoms with Crippen molar-refractivity contribution >= 4 is 0 Å². The first-order valence-electron chi connectivity index (χ1n) is 5.88. The molecule has 0 spiro atoms. The fourth-order valence-corrected chi connectivity index (χ4v) is 1.73. The predicted octanol–water partition coefficient (Wildman–Crippen LogP) is 2.58. The maximum absolute atomic E-state index is 9.76. The molecular weight excluding hydrogens is 176 g/mol. The Labute approximate surface area is 88.3 Å². The van der Waals surface area contributed by atoms with Gasteiger partial charge in [0.25, 0.3) is 0 Å². The minimum atomic E-state index is -0.246. The van der Waals surface area contributed by atoms with Crippen LogP contribution in [0.2, 0.25) is 0 Å². The summed E-state index contributed by atoms with van der Waals surface area (Å²) in [7, 11) is 0. The Morgan fingerprint density at radius 2 is 1.50 bits per heavy atom. The summed E-state index contributed by atoms with van der Waals surface area (Å²) in [6, 6.07) is 0. The molecule has 0 aliphatic rings. The van der Waals surface area contributed by atoms with Crippen molar-refractivity contribution in [2.45, 2.75) is 65.6 Å². The van der Waals surface area contributed by atoms with Crippen molar-refractivity contribution < 1.29 is 10.2 Å². The third-order valence-electron chi connectivity index (χ3n) is 3.34. The molecule has 0 aromatic rings. The van der Waals surface area contributed by atoms with E-state index in [-0.39, 0.29) is 12.2 Å². The normalized spacial score (nSPS) is 20.1. The first kappa shape index (κ1) is 13.9. The molecule has 2 N–H and O–H groups in total. The molecule has 2 nitrogen and oxygen atoms in total. The first-order chi connectivity index (χ1) is 6.52. The minimum absolute atomic E-state index is 0.201. The quantitative estimate of drug-likeness (QED) is 0.666. The van der Waals surface area contributed by atoms with Crippen LogP contribution >= 0.6 is 0 Å². The molecular formula is C12H26O2. The lowest BCUT2D eigenvalue weighted by molar-refractivity contribution is 0.0730. The summed E-state index contributed by atoms with van der Waals surface area (Å²) < 4.78 is 0. The van der Waals surface area contributed by atoms with Gasteiger partial charge in [-0.3, -0.25) is 0 Å². The molecule has 0 aliphatic carbocycles. The summed E-state index contributed by atoms with van der Waals surface area (Å²) in [6.07, 6.45) is 3.31. The van der Waals surface area contributed by atoms with Gasteiger partial charge >= 0.3 is 0 Å². The van der Waals surface area contributed by atoms with Crippen LogP contribution in [0.1, 0.15) is 53.4 Å². The molecule has 0 aromatic carbocycles. The highest BCUT2D eigenvalue weighted by Gasteiger charge is 2.17. The summed E-state index contributed by atoms with van der Waals surface area (Å²) in [6.45, 7) is 8.10. The summed E-state index contributed by atoms with van der Waals surface area (Å²) >= 11 is 0. The van der Waals surface area contributed by atoms with Gasteiger partial charge in [0.2, 0.25) is 0 Å². The largest absolute Gasteiger partial charge is 0.393 e. The second-order valence-corrected chi connectivity index (χ2v) is 4.44.